The van der Waals surface area contributed by atoms with Crippen molar-refractivity contribution in [1.29, 1.82) is 0 Å². The van der Waals surface area contributed by atoms with Gasteiger partial charge in [0.25, 0.3) is 0 Å². The molecule has 0 aromatic heterocycles. The zero-order chi connectivity index (χ0) is 20.7. The van der Waals surface area contributed by atoms with E-state index in [1.54, 1.807) is 37.1 Å². The summed E-state index contributed by atoms with van der Waals surface area (Å²) >= 11 is 19.5. The summed E-state index contributed by atoms with van der Waals surface area (Å²) in [6.45, 7) is 1.97. The Hall–Kier alpha value is -1.40. The third kappa shape index (κ3) is 6.59. The zero-order valence-electron chi connectivity index (χ0n) is 15.5. The van der Waals surface area contributed by atoms with Crippen molar-refractivity contribution in [3.05, 3.63) is 68.7 Å². The number of nitrogens with zero attached hydrogens (tertiary/aromatic N) is 1. The minimum Gasteiger partial charge on any atom is -0.357 e. The lowest BCUT2D eigenvalue weighted by Gasteiger charge is -2.28. The van der Waals surface area contributed by atoms with E-state index < -0.39 is 6.04 Å². The van der Waals surface area contributed by atoms with Gasteiger partial charge in [-0.3, -0.25) is 9.59 Å². The number of hydrogen-bond acceptors (Lipinski definition) is 3. The van der Waals surface area contributed by atoms with Gasteiger partial charge in [0.1, 0.15) is 6.04 Å². The first kappa shape index (κ1) is 22.9. The van der Waals surface area contributed by atoms with Gasteiger partial charge < -0.3 is 10.2 Å². The quantitative estimate of drug-likeness (QED) is 0.601. The molecule has 0 radical (unpaired) electrons. The Labute approximate surface area is 184 Å². The van der Waals surface area contributed by atoms with Gasteiger partial charge in [-0.1, -0.05) is 53.0 Å². The molecule has 150 valence electrons. The van der Waals surface area contributed by atoms with Gasteiger partial charge in [-0.2, -0.15) is 0 Å². The smallest absolute Gasteiger partial charge is 0.242 e. The number of halogens is 3. The maximum absolute atomic E-state index is 12.9. The van der Waals surface area contributed by atoms with Gasteiger partial charge in [0.05, 0.1) is 15.8 Å². The van der Waals surface area contributed by atoms with E-state index in [1.807, 2.05) is 24.3 Å². The fraction of sp³-hybridized carbons (Fsp3) is 0.300. The number of carbonyl (C=O) groups is 2. The van der Waals surface area contributed by atoms with Crippen LogP contribution in [0.1, 0.15) is 18.1 Å². The van der Waals surface area contributed by atoms with Crippen LogP contribution in [-0.4, -0.2) is 35.6 Å². The zero-order valence-corrected chi connectivity index (χ0v) is 18.6. The first-order chi connectivity index (χ1) is 13.3. The van der Waals surface area contributed by atoms with E-state index >= 15 is 0 Å². The average molecular weight is 460 g/mol. The highest BCUT2D eigenvalue weighted by molar-refractivity contribution is 7.99. The second kappa shape index (κ2) is 11.0. The minimum atomic E-state index is -0.612. The summed E-state index contributed by atoms with van der Waals surface area (Å²) in [7, 11) is 1.55. The van der Waals surface area contributed by atoms with E-state index in [0.29, 0.717) is 20.8 Å². The lowest BCUT2D eigenvalue weighted by molar-refractivity contribution is -0.138. The lowest BCUT2D eigenvalue weighted by Crippen LogP contribution is -2.47. The molecular weight excluding hydrogens is 439 g/mol. The fourth-order valence-corrected chi connectivity index (χ4v) is 3.98. The number of carbonyl (C=O) groups excluding carboxylic acids is 2. The molecule has 2 rings (SSSR count). The van der Waals surface area contributed by atoms with Crippen LogP contribution in [0.3, 0.4) is 0 Å². The molecule has 0 fully saturated rings. The molecule has 0 aliphatic carbocycles. The van der Waals surface area contributed by atoms with E-state index in [1.165, 1.54) is 11.8 Å². The molecular formula is C20H21Cl3N2O2S. The summed E-state index contributed by atoms with van der Waals surface area (Å²) in [6.07, 6.45) is 0. The highest BCUT2D eigenvalue weighted by atomic mass is 35.5. The summed E-state index contributed by atoms with van der Waals surface area (Å²) < 4.78 is 0. The molecule has 4 nitrogen and oxygen atoms in total. The van der Waals surface area contributed by atoms with Crippen molar-refractivity contribution in [3.8, 4) is 0 Å². The van der Waals surface area contributed by atoms with Crippen LogP contribution < -0.4 is 5.32 Å². The summed E-state index contributed by atoms with van der Waals surface area (Å²) in [4.78, 5) is 26.5. The van der Waals surface area contributed by atoms with Crippen molar-refractivity contribution < 1.29 is 9.59 Å². The summed E-state index contributed by atoms with van der Waals surface area (Å²) in [5.74, 6) is 0.540. The van der Waals surface area contributed by atoms with Crippen LogP contribution in [0.2, 0.25) is 15.1 Å². The highest BCUT2D eigenvalue weighted by Gasteiger charge is 2.25. The Balaban J connectivity index is 2.07. The Morgan fingerprint density at radius 3 is 2.46 bits per heavy atom. The monoisotopic (exact) mass is 458 g/mol. The predicted octanol–water partition coefficient (Wildman–Crippen LogP) is 5.04. The van der Waals surface area contributed by atoms with Gasteiger partial charge in [-0.25, -0.2) is 0 Å². The third-order valence-electron chi connectivity index (χ3n) is 4.13. The number of amides is 2. The molecule has 0 saturated heterocycles. The van der Waals surface area contributed by atoms with E-state index in [2.05, 4.69) is 5.32 Å². The molecule has 8 heteroatoms. The molecule has 0 aliphatic rings. The molecule has 1 unspecified atom stereocenters. The summed E-state index contributed by atoms with van der Waals surface area (Å²) in [6, 6.07) is 12.1. The van der Waals surface area contributed by atoms with Crippen LogP contribution in [0.25, 0.3) is 0 Å². The number of likely N-dealkylation sites (N-methyl/N-ethyl adjacent to an activating group) is 1. The van der Waals surface area contributed by atoms with Gasteiger partial charge in [0.15, 0.2) is 0 Å². The first-order valence-corrected chi connectivity index (χ1v) is 10.9. The van der Waals surface area contributed by atoms with Gasteiger partial charge in [-0.15, -0.1) is 11.8 Å². The molecule has 0 heterocycles. The number of nitrogens with one attached hydrogen (secondary N) is 1. The van der Waals surface area contributed by atoms with Gasteiger partial charge in [-0.05, 0) is 42.3 Å². The van der Waals surface area contributed by atoms with Crippen molar-refractivity contribution in [2.75, 3.05) is 12.8 Å². The number of thioether (sulfide) groups is 1. The van der Waals surface area contributed by atoms with E-state index in [0.717, 1.165) is 11.1 Å². The van der Waals surface area contributed by atoms with Crippen molar-refractivity contribution in [1.82, 2.24) is 10.2 Å². The van der Waals surface area contributed by atoms with E-state index in [4.69, 9.17) is 34.8 Å². The van der Waals surface area contributed by atoms with Crippen LogP contribution in [0, 0.1) is 0 Å². The lowest BCUT2D eigenvalue weighted by atomic mass is 10.1. The Bertz CT molecular complexity index is 848. The van der Waals surface area contributed by atoms with Crippen molar-refractivity contribution in [2.24, 2.45) is 0 Å². The third-order valence-corrected chi connectivity index (χ3v) is 6.10. The molecule has 2 aromatic rings. The maximum atomic E-state index is 12.9. The molecule has 2 aromatic carbocycles. The van der Waals surface area contributed by atoms with Crippen molar-refractivity contribution in [3.63, 3.8) is 0 Å². The Morgan fingerprint density at radius 1 is 1.07 bits per heavy atom. The largest absolute Gasteiger partial charge is 0.357 e. The van der Waals surface area contributed by atoms with Gasteiger partial charge >= 0.3 is 0 Å². The van der Waals surface area contributed by atoms with E-state index in [-0.39, 0.29) is 24.1 Å². The second-order valence-corrected chi connectivity index (χ2v) is 8.42. The van der Waals surface area contributed by atoms with Crippen LogP contribution in [0.4, 0.5) is 0 Å². The molecule has 28 heavy (non-hydrogen) atoms. The van der Waals surface area contributed by atoms with Crippen LogP contribution in [-0.2, 0) is 21.9 Å². The predicted molar refractivity (Wildman–Crippen MR) is 118 cm³/mol. The summed E-state index contributed by atoms with van der Waals surface area (Å²) in [5.41, 5.74) is 1.85. The molecule has 0 bridgehead atoms. The summed E-state index contributed by atoms with van der Waals surface area (Å²) in [5, 5.41) is 4.11. The SMILES string of the molecule is CNC(=O)C(C)N(Cc1ccc(Cl)c(Cl)c1)C(=O)CSCc1cccc(Cl)c1. The van der Waals surface area contributed by atoms with Crippen LogP contribution in [0.5, 0.6) is 0 Å². The normalized spacial score (nSPS) is 11.8. The molecule has 1 N–H and O–H groups in total. The van der Waals surface area contributed by atoms with Crippen LogP contribution in [0.15, 0.2) is 42.5 Å². The standard InChI is InChI=1S/C20H21Cl3N2O2S/c1-13(20(27)24-2)25(10-14-6-7-17(22)18(23)9-14)19(26)12-28-11-15-4-3-5-16(21)8-15/h3-9,13H,10-12H2,1-2H3,(H,24,27). The average Bonchev–Trinajstić information content (AvgIpc) is 2.67. The van der Waals surface area contributed by atoms with Crippen molar-refractivity contribution >= 4 is 58.4 Å². The van der Waals surface area contributed by atoms with E-state index in [9.17, 15) is 9.59 Å². The molecule has 2 amide bonds. The molecule has 0 spiro atoms. The topological polar surface area (TPSA) is 49.4 Å². The molecule has 0 aliphatic heterocycles. The highest BCUT2D eigenvalue weighted by Crippen LogP contribution is 2.24. The Kier molecular flexibility index (Phi) is 8.96. The second-order valence-electron chi connectivity index (χ2n) is 6.18. The first-order valence-electron chi connectivity index (χ1n) is 8.59. The van der Waals surface area contributed by atoms with Gasteiger partial charge in [0.2, 0.25) is 11.8 Å². The number of benzene rings is 2. The molecule has 1 atom stereocenters. The minimum absolute atomic E-state index is 0.130. The molecule has 0 saturated carbocycles. The maximum Gasteiger partial charge on any atom is 0.242 e. The Morgan fingerprint density at radius 2 is 1.82 bits per heavy atom. The number of hydrogen-bond donors (Lipinski definition) is 1. The fourth-order valence-electron chi connectivity index (χ4n) is 2.59. The van der Waals surface area contributed by atoms with Crippen molar-refractivity contribution in [2.45, 2.75) is 25.3 Å². The number of rotatable bonds is 8. The van der Waals surface area contributed by atoms with Gasteiger partial charge in [0, 0.05) is 24.4 Å². The van der Waals surface area contributed by atoms with Crippen LogP contribution >= 0.6 is 46.6 Å².